The van der Waals surface area contributed by atoms with Gasteiger partial charge < -0.3 is 14.8 Å². The molecule has 0 spiro atoms. The number of halogens is 1. The average Bonchev–Trinajstić information content (AvgIpc) is 3.24. The average molecular weight is 342 g/mol. The van der Waals surface area contributed by atoms with Crippen molar-refractivity contribution in [2.75, 3.05) is 11.9 Å². The number of carbonyl (C=O) groups excluding carboxylic acids is 2. The summed E-state index contributed by atoms with van der Waals surface area (Å²) in [5.74, 6) is -0.405. The van der Waals surface area contributed by atoms with Crippen LogP contribution in [0.3, 0.4) is 0 Å². The predicted molar refractivity (Wildman–Crippen MR) is 76.5 cm³/mol. The second-order valence-electron chi connectivity index (χ2n) is 4.59. The molecule has 1 saturated carbocycles. The lowest BCUT2D eigenvalue weighted by atomic mass is 10.2. The summed E-state index contributed by atoms with van der Waals surface area (Å²) in [5.41, 5.74) is 0.0246. The minimum absolute atomic E-state index is 0.208. The highest BCUT2D eigenvalue weighted by atomic mass is 79.9. The third-order valence-corrected chi connectivity index (χ3v) is 3.33. The molecule has 1 aliphatic rings. The maximum Gasteiger partial charge on any atom is 0.408 e. The zero-order valence-corrected chi connectivity index (χ0v) is 12.5. The van der Waals surface area contributed by atoms with Crippen molar-refractivity contribution in [1.82, 2.24) is 5.32 Å². The Hall–Kier alpha value is -1.56. The van der Waals surface area contributed by atoms with Gasteiger partial charge in [0, 0.05) is 5.33 Å². The zero-order chi connectivity index (χ0) is 14.4. The second-order valence-corrected chi connectivity index (χ2v) is 5.39. The van der Waals surface area contributed by atoms with E-state index in [0.717, 1.165) is 5.56 Å². The summed E-state index contributed by atoms with van der Waals surface area (Å²) in [6, 6.07) is 9.42. The van der Waals surface area contributed by atoms with E-state index in [1.165, 1.54) is 0 Å². The van der Waals surface area contributed by atoms with Gasteiger partial charge in [-0.15, -0.1) is 0 Å². The topological polar surface area (TPSA) is 64.6 Å². The van der Waals surface area contributed by atoms with E-state index in [1.54, 1.807) is 0 Å². The molecule has 0 aromatic heterocycles. The van der Waals surface area contributed by atoms with Gasteiger partial charge in [-0.05, 0) is 18.4 Å². The Labute approximate surface area is 125 Å². The molecule has 1 aliphatic carbocycles. The van der Waals surface area contributed by atoms with Gasteiger partial charge in [-0.25, -0.2) is 9.59 Å². The minimum Gasteiger partial charge on any atom is -0.459 e. The minimum atomic E-state index is -0.891. The molecule has 0 unspecified atom stereocenters. The maximum atomic E-state index is 12.0. The molecule has 20 heavy (non-hydrogen) atoms. The fourth-order valence-electron chi connectivity index (χ4n) is 1.73. The molecule has 2 rings (SSSR count). The number of nitrogens with one attached hydrogen (secondary N) is 1. The van der Waals surface area contributed by atoms with Crippen molar-refractivity contribution < 1.29 is 19.1 Å². The largest absolute Gasteiger partial charge is 0.459 e. The molecule has 0 saturated heterocycles. The molecule has 1 aromatic carbocycles. The van der Waals surface area contributed by atoms with Crippen LogP contribution in [-0.2, 0) is 20.9 Å². The smallest absolute Gasteiger partial charge is 0.408 e. The highest BCUT2D eigenvalue weighted by molar-refractivity contribution is 9.09. The van der Waals surface area contributed by atoms with E-state index in [9.17, 15) is 9.59 Å². The van der Waals surface area contributed by atoms with Crippen LogP contribution in [0.15, 0.2) is 30.3 Å². The molecule has 0 atom stereocenters. The number of alkyl carbamates (subject to hydrolysis) is 1. The summed E-state index contributed by atoms with van der Waals surface area (Å²) in [5, 5.41) is 3.14. The van der Waals surface area contributed by atoms with E-state index in [0.29, 0.717) is 18.2 Å². The number of hydrogen-bond acceptors (Lipinski definition) is 4. The standard InChI is InChI=1S/C14H16BrNO4/c15-8-9-19-13(18)16-14(6-7-14)12(17)20-10-11-4-2-1-3-5-11/h1-5H,6-10H2,(H,16,18). The first-order valence-corrected chi connectivity index (χ1v) is 7.50. The first-order chi connectivity index (χ1) is 9.66. The molecule has 108 valence electrons. The van der Waals surface area contributed by atoms with Crippen LogP contribution in [0.25, 0.3) is 0 Å². The zero-order valence-electron chi connectivity index (χ0n) is 10.9. The van der Waals surface area contributed by atoms with Crippen LogP contribution >= 0.6 is 15.9 Å². The predicted octanol–water partition coefficient (Wildman–Crippen LogP) is 2.38. The van der Waals surface area contributed by atoms with Gasteiger partial charge in [0.15, 0.2) is 0 Å². The number of rotatable bonds is 6. The van der Waals surface area contributed by atoms with Crippen molar-refractivity contribution in [3.8, 4) is 0 Å². The third kappa shape index (κ3) is 3.96. The molecular weight excluding hydrogens is 326 g/mol. The van der Waals surface area contributed by atoms with Crippen LogP contribution in [0.4, 0.5) is 4.79 Å². The van der Waals surface area contributed by atoms with Crippen LogP contribution in [0, 0.1) is 0 Å². The normalized spacial score (nSPS) is 15.2. The van der Waals surface area contributed by atoms with Gasteiger partial charge in [0.25, 0.3) is 0 Å². The molecule has 0 bridgehead atoms. The highest BCUT2D eigenvalue weighted by Crippen LogP contribution is 2.37. The van der Waals surface area contributed by atoms with Crippen molar-refractivity contribution in [3.63, 3.8) is 0 Å². The number of amides is 1. The van der Waals surface area contributed by atoms with Gasteiger partial charge in [-0.1, -0.05) is 46.3 Å². The second kappa shape index (κ2) is 6.74. The fraction of sp³-hybridized carbons (Fsp3) is 0.429. The summed E-state index contributed by atoms with van der Waals surface area (Å²) in [4.78, 5) is 23.5. The maximum absolute atomic E-state index is 12.0. The lowest BCUT2D eigenvalue weighted by molar-refractivity contribution is -0.148. The Kier molecular flexibility index (Phi) is 5.00. The number of ether oxygens (including phenoxy) is 2. The van der Waals surface area contributed by atoms with Gasteiger partial charge in [-0.2, -0.15) is 0 Å². The Morgan fingerprint density at radius 2 is 1.90 bits per heavy atom. The first kappa shape index (κ1) is 14.8. The van der Waals surface area contributed by atoms with Crippen molar-refractivity contribution in [3.05, 3.63) is 35.9 Å². The summed E-state index contributed by atoms with van der Waals surface area (Å²) in [6.07, 6.45) is 0.590. The summed E-state index contributed by atoms with van der Waals surface area (Å²) in [7, 11) is 0. The molecule has 6 heteroatoms. The van der Waals surface area contributed by atoms with Crippen LogP contribution in [0.2, 0.25) is 0 Å². The molecule has 1 N–H and O–H groups in total. The van der Waals surface area contributed by atoms with E-state index in [4.69, 9.17) is 9.47 Å². The Balaban J connectivity index is 1.81. The lowest BCUT2D eigenvalue weighted by Crippen LogP contribution is -2.44. The quantitative estimate of drug-likeness (QED) is 0.637. The Morgan fingerprint density at radius 3 is 2.50 bits per heavy atom. The Morgan fingerprint density at radius 1 is 1.20 bits per heavy atom. The van der Waals surface area contributed by atoms with E-state index in [1.807, 2.05) is 30.3 Å². The van der Waals surface area contributed by atoms with Crippen LogP contribution in [0.5, 0.6) is 0 Å². The van der Waals surface area contributed by atoms with Gasteiger partial charge >= 0.3 is 12.1 Å². The number of alkyl halides is 1. The molecule has 5 nitrogen and oxygen atoms in total. The number of esters is 1. The third-order valence-electron chi connectivity index (χ3n) is 3.01. The fourth-order valence-corrected chi connectivity index (χ4v) is 1.89. The lowest BCUT2D eigenvalue weighted by Gasteiger charge is -2.16. The summed E-state index contributed by atoms with van der Waals surface area (Å²) >= 11 is 3.16. The molecule has 1 fully saturated rings. The monoisotopic (exact) mass is 341 g/mol. The number of carbonyl (C=O) groups is 2. The van der Waals surface area contributed by atoms with Crippen LogP contribution in [-0.4, -0.2) is 29.5 Å². The van der Waals surface area contributed by atoms with E-state index < -0.39 is 17.6 Å². The Bertz CT molecular complexity index is 473. The van der Waals surface area contributed by atoms with Crippen LogP contribution in [0.1, 0.15) is 18.4 Å². The van der Waals surface area contributed by atoms with Crippen LogP contribution < -0.4 is 5.32 Å². The number of hydrogen-bond donors (Lipinski definition) is 1. The molecule has 0 aliphatic heterocycles. The molecule has 0 heterocycles. The van der Waals surface area contributed by atoms with Crippen molar-refractivity contribution in [2.24, 2.45) is 0 Å². The van der Waals surface area contributed by atoms with Crippen molar-refractivity contribution in [1.29, 1.82) is 0 Å². The van der Waals surface area contributed by atoms with Crippen molar-refractivity contribution in [2.45, 2.75) is 25.0 Å². The highest BCUT2D eigenvalue weighted by Gasteiger charge is 2.53. The van der Waals surface area contributed by atoms with Gasteiger partial charge in [0.2, 0.25) is 0 Å². The summed E-state index contributed by atoms with van der Waals surface area (Å²) in [6.45, 7) is 0.473. The molecule has 1 amide bonds. The van der Waals surface area contributed by atoms with E-state index in [-0.39, 0.29) is 13.2 Å². The van der Waals surface area contributed by atoms with E-state index in [2.05, 4.69) is 21.2 Å². The summed E-state index contributed by atoms with van der Waals surface area (Å²) < 4.78 is 10.1. The molecule has 1 aromatic rings. The van der Waals surface area contributed by atoms with Gasteiger partial charge in [-0.3, -0.25) is 0 Å². The number of benzene rings is 1. The SMILES string of the molecule is O=C(NC1(C(=O)OCc2ccccc2)CC1)OCCBr. The van der Waals surface area contributed by atoms with Gasteiger partial charge in [0.1, 0.15) is 18.8 Å². The van der Waals surface area contributed by atoms with Gasteiger partial charge in [0.05, 0.1) is 0 Å². The molecular formula is C14H16BrNO4. The molecule has 0 radical (unpaired) electrons. The van der Waals surface area contributed by atoms with Crippen molar-refractivity contribution >= 4 is 28.0 Å². The first-order valence-electron chi connectivity index (χ1n) is 6.38. The van der Waals surface area contributed by atoms with E-state index >= 15 is 0 Å².